The Morgan fingerprint density at radius 3 is 3.12 bits per heavy atom. The molecule has 2 atom stereocenters. The molecule has 0 bridgehead atoms. The fourth-order valence-electron chi connectivity index (χ4n) is 2.97. The molecule has 0 saturated carbocycles. The van der Waals surface area contributed by atoms with Crippen LogP contribution >= 0.6 is 0 Å². The van der Waals surface area contributed by atoms with E-state index in [-0.39, 0.29) is 24.0 Å². The molecule has 2 N–H and O–H groups in total. The van der Waals surface area contributed by atoms with E-state index in [2.05, 4.69) is 15.6 Å². The van der Waals surface area contributed by atoms with Crippen molar-refractivity contribution in [3.63, 3.8) is 0 Å². The zero-order chi connectivity index (χ0) is 17.6. The quantitative estimate of drug-likeness (QED) is 0.844. The van der Waals surface area contributed by atoms with Crippen LogP contribution in [0.2, 0.25) is 0 Å². The smallest absolute Gasteiger partial charge is 0.315 e. The lowest BCUT2D eigenvalue weighted by Gasteiger charge is -2.20. The van der Waals surface area contributed by atoms with Gasteiger partial charge < -0.3 is 19.9 Å². The average Bonchev–Trinajstić information content (AvgIpc) is 3.29. The van der Waals surface area contributed by atoms with E-state index in [9.17, 15) is 9.18 Å². The topological polar surface area (TPSA) is 68.2 Å². The maximum atomic E-state index is 14.0. The second-order valence-corrected chi connectivity index (χ2v) is 6.33. The van der Waals surface area contributed by atoms with Gasteiger partial charge in [0.25, 0.3) is 0 Å². The largest absolute Gasteiger partial charge is 0.376 e. The molecule has 1 saturated heterocycles. The first-order valence-electron chi connectivity index (χ1n) is 8.51. The monoisotopic (exact) mass is 346 g/mol. The third-order valence-corrected chi connectivity index (χ3v) is 4.36. The summed E-state index contributed by atoms with van der Waals surface area (Å²) in [5.74, 6) is -0.270. The van der Waals surface area contributed by atoms with Gasteiger partial charge in [0.2, 0.25) is 0 Å². The van der Waals surface area contributed by atoms with Gasteiger partial charge in [0.1, 0.15) is 5.82 Å². The molecule has 1 aliphatic rings. The fraction of sp³-hybridized carbons (Fsp3) is 0.444. The number of urea groups is 1. The first-order chi connectivity index (χ1) is 12.1. The third kappa shape index (κ3) is 4.79. The second-order valence-electron chi connectivity index (χ2n) is 6.33. The minimum atomic E-state index is -0.270. The average molecular weight is 346 g/mol. The van der Waals surface area contributed by atoms with Gasteiger partial charge in [-0.15, -0.1) is 0 Å². The Balaban J connectivity index is 1.53. The molecule has 25 heavy (non-hydrogen) atoms. The van der Waals surface area contributed by atoms with Crippen molar-refractivity contribution in [3.05, 3.63) is 53.9 Å². The molecular formula is C18H23FN4O2. The number of aromatic nitrogens is 2. The lowest BCUT2D eigenvalue weighted by atomic mass is 10.1. The number of nitrogens with zero attached hydrogens (tertiary/aromatic N) is 2. The molecule has 2 heterocycles. The number of hydrogen-bond acceptors (Lipinski definition) is 3. The maximum Gasteiger partial charge on any atom is 0.315 e. The molecule has 3 rings (SSSR count). The maximum absolute atomic E-state index is 14.0. The van der Waals surface area contributed by atoms with Crippen molar-refractivity contribution in [2.24, 2.45) is 0 Å². The van der Waals surface area contributed by atoms with Gasteiger partial charge in [-0.3, -0.25) is 0 Å². The first kappa shape index (κ1) is 17.4. The van der Waals surface area contributed by atoms with Crippen LogP contribution < -0.4 is 10.6 Å². The molecule has 0 unspecified atom stereocenters. The number of hydrogen-bond donors (Lipinski definition) is 2. The predicted octanol–water partition coefficient (Wildman–Crippen LogP) is 2.44. The molecule has 0 radical (unpaired) electrons. The van der Waals surface area contributed by atoms with Gasteiger partial charge in [-0.25, -0.2) is 14.2 Å². The highest BCUT2D eigenvalue weighted by Gasteiger charge is 2.23. The summed E-state index contributed by atoms with van der Waals surface area (Å²) >= 11 is 0. The first-order valence-corrected chi connectivity index (χ1v) is 8.51. The summed E-state index contributed by atoms with van der Waals surface area (Å²) in [5.41, 5.74) is 1.40. The van der Waals surface area contributed by atoms with Crippen LogP contribution in [0.25, 0.3) is 0 Å². The number of halogens is 1. The summed E-state index contributed by atoms with van der Waals surface area (Å²) in [5, 5.41) is 5.70. The van der Waals surface area contributed by atoms with Gasteiger partial charge in [-0.1, -0.05) is 6.07 Å². The van der Waals surface area contributed by atoms with Crippen molar-refractivity contribution >= 4 is 6.03 Å². The zero-order valence-corrected chi connectivity index (χ0v) is 14.2. The van der Waals surface area contributed by atoms with Crippen LogP contribution in [0.1, 0.15) is 30.9 Å². The van der Waals surface area contributed by atoms with E-state index in [4.69, 9.17) is 4.74 Å². The van der Waals surface area contributed by atoms with E-state index in [1.165, 1.54) is 6.07 Å². The van der Waals surface area contributed by atoms with Gasteiger partial charge in [0.15, 0.2) is 0 Å². The molecule has 1 aliphatic heterocycles. The Morgan fingerprint density at radius 2 is 2.40 bits per heavy atom. The second kappa shape index (κ2) is 8.11. The Hall–Kier alpha value is -2.41. The van der Waals surface area contributed by atoms with Crippen molar-refractivity contribution in [2.45, 2.75) is 45.0 Å². The van der Waals surface area contributed by atoms with Gasteiger partial charge in [-0.05, 0) is 37.5 Å². The van der Waals surface area contributed by atoms with Gasteiger partial charge in [0.05, 0.1) is 25.0 Å². The number of carbonyl (C=O) groups is 1. The number of amides is 2. The van der Waals surface area contributed by atoms with Crippen molar-refractivity contribution in [1.82, 2.24) is 20.2 Å². The van der Waals surface area contributed by atoms with Crippen LogP contribution in [0.3, 0.4) is 0 Å². The minimum absolute atomic E-state index is 0.0347. The summed E-state index contributed by atoms with van der Waals surface area (Å²) in [7, 11) is 0. The Labute approximate surface area is 146 Å². The minimum Gasteiger partial charge on any atom is -0.376 e. The fourth-order valence-corrected chi connectivity index (χ4v) is 2.97. The van der Waals surface area contributed by atoms with Crippen LogP contribution in [0.5, 0.6) is 0 Å². The summed E-state index contributed by atoms with van der Waals surface area (Å²) in [4.78, 5) is 16.0. The molecule has 0 spiro atoms. The Bertz CT molecular complexity index is 699. The SMILES string of the molecule is C[C@@H](NC(=O)NCc1ccc(F)c(Cn2ccnc2)c1)[C@@H]1CCCO1. The number of benzene rings is 1. The molecule has 1 aromatic heterocycles. The highest BCUT2D eigenvalue weighted by molar-refractivity contribution is 5.74. The van der Waals surface area contributed by atoms with Crippen molar-refractivity contribution in [2.75, 3.05) is 6.61 Å². The Kier molecular flexibility index (Phi) is 5.65. The van der Waals surface area contributed by atoms with Crippen molar-refractivity contribution < 1.29 is 13.9 Å². The van der Waals surface area contributed by atoms with E-state index in [0.717, 1.165) is 25.0 Å². The summed E-state index contributed by atoms with van der Waals surface area (Å²) in [6.45, 7) is 3.44. The van der Waals surface area contributed by atoms with Crippen molar-refractivity contribution in [1.29, 1.82) is 0 Å². The van der Waals surface area contributed by atoms with Crippen LogP contribution in [0.4, 0.5) is 9.18 Å². The number of imidazole rings is 1. The van der Waals surface area contributed by atoms with E-state index >= 15 is 0 Å². The predicted molar refractivity (Wildman–Crippen MR) is 91.5 cm³/mol. The summed E-state index contributed by atoms with van der Waals surface area (Å²) in [6.07, 6.45) is 7.17. The molecule has 0 aliphatic carbocycles. The molecule has 1 fully saturated rings. The van der Waals surface area contributed by atoms with Crippen LogP contribution in [0.15, 0.2) is 36.9 Å². The van der Waals surface area contributed by atoms with E-state index in [1.54, 1.807) is 35.4 Å². The zero-order valence-electron chi connectivity index (χ0n) is 14.2. The number of ether oxygens (including phenoxy) is 1. The van der Waals surface area contributed by atoms with Crippen LogP contribution in [-0.4, -0.2) is 34.3 Å². The standard InChI is InChI=1S/C18H23FN4O2/c1-13(17-3-2-8-25-17)22-18(24)21-10-14-4-5-16(19)15(9-14)11-23-7-6-20-12-23/h4-7,9,12-13,17H,2-3,8,10-11H2,1H3,(H2,21,22,24)/t13-,17+/m1/s1. The molecule has 134 valence electrons. The molecular weight excluding hydrogens is 323 g/mol. The molecule has 2 aromatic rings. The normalized spacial score (nSPS) is 18.1. The highest BCUT2D eigenvalue weighted by atomic mass is 19.1. The van der Waals surface area contributed by atoms with Crippen molar-refractivity contribution in [3.8, 4) is 0 Å². The molecule has 6 nitrogen and oxygen atoms in total. The molecule has 7 heteroatoms. The lowest BCUT2D eigenvalue weighted by Crippen LogP contribution is -2.45. The summed E-state index contributed by atoms with van der Waals surface area (Å²) in [6, 6.07) is 4.59. The van der Waals surface area contributed by atoms with Gasteiger partial charge >= 0.3 is 6.03 Å². The van der Waals surface area contributed by atoms with Gasteiger partial charge in [-0.2, -0.15) is 0 Å². The van der Waals surface area contributed by atoms with E-state index < -0.39 is 0 Å². The number of carbonyl (C=O) groups excluding carboxylic acids is 1. The Morgan fingerprint density at radius 1 is 1.52 bits per heavy atom. The molecule has 1 aromatic carbocycles. The molecule has 2 amide bonds. The lowest BCUT2D eigenvalue weighted by molar-refractivity contribution is 0.0860. The van der Waals surface area contributed by atoms with Crippen LogP contribution in [0, 0.1) is 5.82 Å². The van der Waals surface area contributed by atoms with E-state index in [0.29, 0.717) is 18.7 Å². The highest BCUT2D eigenvalue weighted by Crippen LogP contribution is 2.15. The van der Waals surface area contributed by atoms with Gasteiger partial charge in [0, 0.05) is 31.1 Å². The van der Waals surface area contributed by atoms with Crippen LogP contribution in [-0.2, 0) is 17.8 Å². The van der Waals surface area contributed by atoms with E-state index in [1.807, 2.05) is 6.92 Å². The number of rotatable bonds is 6. The number of nitrogens with one attached hydrogen (secondary N) is 2. The third-order valence-electron chi connectivity index (χ3n) is 4.36. The summed E-state index contributed by atoms with van der Waals surface area (Å²) < 4.78 is 21.3.